The molecule has 106 valence electrons. The van der Waals surface area contributed by atoms with Crippen molar-refractivity contribution in [2.45, 2.75) is 77.9 Å². The van der Waals surface area contributed by atoms with Crippen molar-refractivity contribution in [1.29, 1.82) is 0 Å². The number of rotatable bonds is 6. The van der Waals surface area contributed by atoms with Gasteiger partial charge in [-0.3, -0.25) is 4.90 Å². The maximum atomic E-state index is 3.78. The standard InChI is InChI=1S/C16H32N2/c1-5-12(3)16-11-18(15(6-2)10-17-16)13(4)9-14-7-8-14/h12-17H,5-11H2,1-4H3. The van der Waals surface area contributed by atoms with Crippen LogP contribution in [-0.2, 0) is 0 Å². The Labute approximate surface area is 114 Å². The van der Waals surface area contributed by atoms with E-state index >= 15 is 0 Å². The SMILES string of the molecule is CCC(C)C1CN(C(C)CC2CC2)C(CC)CN1. The van der Waals surface area contributed by atoms with Gasteiger partial charge in [0, 0.05) is 31.2 Å². The number of hydrogen-bond donors (Lipinski definition) is 1. The topological polar surface area (TPSA) is 15.3 Å². The third-order valence-corrected chi connectivity index (χ3v) is 5.23. The van der Waals surface area contributed by atoms with Crippen LogP contribution in [-0.4, -0.2) is 36.1 Å². The zero-order chi connectivity index (χ0) is 13.1. The quantitative estimate of drug-likeness (QED) is 0.780. The summed E-state index contributed by atoms with van der Waals surface area (Å²) in [5.74, 6) is 1.85. The third kappa shape index (κ3) is 3.48. The van der Waals surface area contributed by atoms with Gasteiger partial charge in [-0.05, 0) is 31.6 Å². The summed E-state index contributed by atoms with van der Waals surface area (Å²) in [6, 6.07) is 2.26. The van der Waals surface area contributed by atoms with E-state index in [0.717, 1.165) is 23.9 Å². The van der Waals surface area contributed by atoms with E-state index in [1.165, 1.54) is 45.2 Å². The summed E-state index contributed by atoms with van der Waals surface area (Å²) in [6.07, 6.45) is 6.99. The van der Waals surface area contributed by atoms with Gasteiger partial charge in [0.1, 0.15) is 0 Å². The molecule has 1 heterocycles. The minimum absolute atomic E-state index is 0.708. The molecule has 4 atom stereocenters. The molecule has 0 aromatic heterocycles. The van der Waals surface area contributed by atoms with E-state index in [1.54, 1.807) is 0 Å². The Morgan fingerprint density at radius 3 is 2.50 bits per heavy atom. The average Bonchev–Trinajstić information content (AvgIpc) is 3.20. The summed E-state index contributed by atoms with van der Waals surface area (Å²) >= 11 is 0. The fourth-order valence-electron chi connectivity index (χ4n) is 3.40. The van der Waals surface area contributed by atoms with Crippen molar-refractivity contribution in [3.05, 3.63) is 0 Å². The second-order valence-electron chi connectivity index (χ2n) is 6.69. The summed E-state index contributed by atoms with van der Waals surface area (Å²) in [7, 11) is 0. The highest BCUT2D eigenvalue weighted by Crippen LogP contribution is 2.35. The highest BCUT2D eigenvalue weighted by Gasteiger charge is 2.34. The molecular weight excluding hydrogens is 220 g/mol. The number of piperazine rings is 1. The molecule has 1 aliphatic carbocycles. The lowest BCUT2D eigenvalue weighted by atomic mass is 9.93. The van der Waals surface area contributed by atoms with Crippen LogP contribution in [0.5, 0.6) is 0 Å². The first-order valence-electron chi connectivity index (χ1n) is 8.14. The maximum absolute atomic E-state index is 3.78. The smallest absolute Gasteiger partial charge is 0.0221 e. The Morgan fingerprint density at radius 2 is 1.94 bits per heavy atom. The summed E-state index contributed by atoms with van der Waals surface area (Å²) in [5, 5.41) is 3.78. The van der Waals surface area contributed by atoms with Gasteiger partial charge in [0.15, 0.2) is 0 Å². The molecule has 2 aliphatic rings. The maximum Gasteiger partial charge on any atom is 0.0221 e. The second-order valence-corrected chi connectivity index (χ2v) is 6.69. The molecule has 2 nitrogen and oxygen atoms in total. The molecule has 1 saturated carbocycles. The van der Waals surface area contributed by atoms with Crippen LogP contribution in [0.4, 0.5) is 0 Å². The first kappa shape index (κ1) is 14.3. The predicted octanol–water partition coefficient (Wildman–Crippen LogP) is 3.27. The van der Waals surface area contributed by atoms with Crippen molar-refractivity contribution in [2.24, 2.45) is 11.8 Å². The van der Waals surface area contributed by atoms with Gasteiger partial charge in [-0.25, -0.2) is 0 Å². The molecule has 18 heavy (non-hydrogen) atoms. The van der Waals surface area contributed by atoms with Crippen molar-refractivity contribution >= 4 is 0 Å². The molecule has 0 aromatic carbocycles. The van der Waals surface area contributed by atoms with Crippen LogP contribution in [0.1, 0.15) is 59.8 Å². The van der Waals surface area contributed by atoms with Gasteiger partial charge < -0.3 is 5.32 Å². The van der Waals surface area contributed by atoms with Crippen molar-refractivity contribution in [3.8, 4) is 0 Å². The molecule has 4 unspecified atom stereocenters. The van der Waals surface area contributed by atoms with Crippen LogP contribution in [0.3, 0.4) is 0 Å². The lowest BCUT2D eigenvalue weighted by Gasteiger charge is -2.45. The minimum atomic E-state index is 0.708. The van der Waals surface area contributed by atoms with Crippen LogP contribution in [0.25, 0.3) is 0 Å². The van der Waals surface area contributed by atoms with Crippen molar-refractivity contribution in [3.63, 3.8) is 0 Å². The number of hydrogen-bond acceptors (Lipinski definition) is 2. The van der Waals surface area contributed by atoms with E-state index in [1.807, 2.05) is 0 Å². The summed E-state index contributed by atoms with van der Waals surface area (Å²) in [6.45, 7) is 12.0. The van der Waals surface area contributed by atoms with Crippen LogP contribution >= 0.6 is 0 Å². The zero-order valence-corrected chi connectivity index (χ0v) is 12.8. The van der Waals surface area contributed by atoms with Crippen LogP contribution in [0.15, 0.2) is 0 Å². The molecule has 0 spiro atoms. The van der Waals surface area contributed by atoms with Gasteiger partial charge in [0.05, 0.1) is 0 Å². The molecule has 0 amide bonds. The predicted molar refractivity (Wildman–Crippen MR) is 78.8 cm³/mol. The van der Waals surface area contributed by atoms with Gasteiger partial charge in [-0.2, -0.15) is 0 Å². The van der Waals surface area contributed by atoms with E-state index in [9.17, 15) is 0 Å². The monoisotopic (exact) mass is 252 g/mol. The van der Waals surface area contributed by atoms with Crippen LogP contribution in [0.2, 0.25) is 0 Å². The van der Waals surface area contributed by atoms with Gasteiger partial charge in [0.2, 0.25) is 0 Å². The van der Waals surface area contributed by atoms with Gasteiger partial charge in [-0.1, -0.05) is 40.0 Å². The molecule has 1 aliphatic heterocycles. The average molecular weight is 252 g/mol. The van der Waals surface area contributed by atoms with Crippen LogP contribution < -0.4 is 5.32 Å². The number of nitrogens with zero attached hydrogens (tertiary/aromatic N) is 1. The Bertz CT molecular complexity index is 249. The molecular formula is C16H32N2. The Kier molecular flexibility index (Phi) is 5.08. The molecule has 0 radical (unpaired) electrons. The van der Waals surface area contributed by atoms with Gasteiger partial charge in [0.25, 0.3) is 0 Å². The van der Waals surface area contributed by atoms with E-state index in [2.05, 4.69) is 37.9 Å². The van der Waals surface area contributed by atoms with E-state index in [-0.39, 0.29) is 0 Å². The Balaban J connectivity index is 1.93. The summed E-state index contributed by atoms with van der Waals surface area (Å²) in [5.41, 5.74) is 0. The lowest BCUT2D eigenvalue weighted by molar-refractivity contribution is 0.0651. The number of nitrogens with one attached hydrogen (secondary N) is 1. The van der Waals surface area contributed by atoms with Crippen molar-refractivity contribution in [2.75, 3.05) is 13.1 Å². The lowest BCUT2D eigenvalue weighted by Crippen LogP contribution is -2.60. The first-order valence-corrected chi connectivity index (χ1v) is 8.14. The Morgan fingerprint density at radius 1 is 1.22 bits per heavy atom. The highest BCUT2D eigenvalue weighted by atomic mass is 15.3. The summed E-state index contributed by atoms with van der Waals surface area (Å²) < 4.78 is 0. The van der Waals surface area contributed by atoms with E-state index < -0.39 is 0 Å². The second kappa shape index (κ2) is 6.38. The minimum Gasteiger partial charge on any atom is -0.311 e. The Hall–Kier alpha value is -0.0800. The third-order valence-electron chi connectivity index (χ3n) is 5.23. The largest absolute Gasteiger partial charge is 0.311 e. The first-order chi connectivity index (χ1) is 8.65. The molecule has 2 heteroatoms. The van der Waals surface area contributed by atoms with Gasteiger partial charge >= 0.3 is 0 Å². The van der Waals surface area contributed by atoms with Crippen molar-refractivity contribution in [1.82, 2.24) is 10.2 Å². The molecule has 1 saturated heterocycles. The normalized spacial score (nSPS) is 33.3. The fourth-order valence-corrected chi connectivity index (χ4v) is 3.40. The molecule has 2 fully saturated rings. The fraction of sp³-hybridized carbons (Fsp3) is 1.00. The molecule has 2 rings (SSSR count). The highest BCUT2D eigenvalue weighted by molar-refractivity contribution is 4.91. The van der Waals surface area contributed by atoms with E-state index in [4.69, 9.17) is 0 Å². The summed E-state index contributed by atoms with van der Waals surface area (Å²) in [4.78, 5) is 2.81. The van der Waals surface area contributed by atoms with E-state index in [0.29, 0.717) is 6.04 Å². The van der Waals surface area contributed by atoms with Crippen molar-refractivity contribution < 1.29 is 0 Å². The zero-order valence-electron chi connectivity index (χ0n) is 12.8. The van der Waals surface area contributed by atoms with Crippen LogP contribution in [0, 0.1) is 11.8 Å². The molecule has 1 N–H and O–H groups in total. The molecule has 0 bridgehead atoms. The van der Waals surface area contributed by atoms with Gasteiger partial charge in [-0.15, -0.1) is 0 Å². The molecule has 0 aromatic rings.